The van der Waals surface area contributed by atoms with Gasteiger partial charge in [-0.2, -0.15) is 0 Å². The summed E-state index contributed by atoms with van der Waals surface area (Å²) in [5, 5.41) is 4.38. The van der Waals surface area contributed by atoms with Crippen molar-refractivity contribution in [2.24, 2.45) is 5.92 Å². The molecule has 1 N–H and O–H groups in total. The summed E-state index contributed by atoms with van der Waals surface area (Å²) in [7, 11) is 0. The van der Waals surface area contributed by atoms with E-state index in [0.29, 0.717) is 18.0 Å². The van der Waals surface area contributed by atoms with E-state index in [1.54, 1.807) is 0 Å². The number of nitrogens with one attached hydrogen (secondary N) is 1. The van der Waals surface area contributed by atoms with Gasteiger partial charge in [-0.1, -0.05) is 62.4 Å². The van der Waals surface area contributed by atoms with Gasteiger partial charge in [0, 0.05) is 36.8 Å². The van der Waals surface area contributed by atoms with Crippen LogP contribution in [0.4, 0.5) is 0 Å². The van der Waals surface area contributed by atoms with E-state index in [9.17, 15) is 0 Å². The fraction of sp³-hybridized carbons (Fsp3) is 0.500. The quantitative estimate of drug-likeness (QED) is 0.908. The van der Waals surface area contributed by atoms with Crippen molar-refractivity contribution in [3.8, 4) is 0 Å². The minimum absolute atomic E-state index is 0.382. The standard InChI is InChI=1S/C16H23ClN2/c1-12(2)16-9-18-15(11-19(16)10-13(3)17)14-7-5-4-6-8-14/h4-8,12,15-16,18H,3,9-11H2,1-2H3. The van der Waals surface area contributed by atoms with Crippen LogP contribution in [-0.4, -0.2) is 30.6 Å². The maximum Gasteiger partial charge on any atom is 0.0450 e. The lowest BCUT2D eigenvalue weighted by atomic mass is 9.95. The van der Waals surface area contributed by atoms with Crippen molar-refractivity contribution in [1.82, 2.24) is 10.2 Å². The predicted octanol–water partition coefficient (Wildman–Crippen LogP) is 3.41. The third kappa shape index (κ3) is 3.82. The van der Waals surface area contributed by atoms with Crippen molar-refractivity contribution in [2.75, 3.05) is 19.6 Å². The Bertz CT molecular complexity index is 416. The molecule has 104 valence electrons. The van der Waals surface area contributed by atoms with Crippen LogP contribution in [0.5, 0.6) is 0 Å². The molecule has 0 radical (unpaired) electrons. The molecule has 1 heterocycles. The summed E-state index contributed by atoms with van der Waals surface area (Å²) in [6.45, 7) is 11.1. The predicted molar refractivity (Wildman–Crippen MR) is 82.4 cm³/mol. The Kier molecular flexibility index (Phi) is 5.03. The van der Waals surface area contributed by atoms with Gasteiger partial charge in [-0.3, -0.25) is 4.90 Å². The van der Waals surface area contributed by atoms with Gasteiger partial charge < -0.3 is 5.32 Å². The molecule has 1 aromatic carbocycles. The average molecular weight is 279 g/mol. The molecule has 1 aliphatic heterocycles. The van der Waals surface area contributed by atoms with Crippen molar-refractivity contribution in [3.63, 3.8) is 0 Å². The van der Waals surface area contributed by atoms with E-state index in [1.165, 1.54) is 5.56 Å². The highest BCUT2D eigenvalue weighted by Crippen LogP contribution is 2.24. The van der Waals surface area contributed by atoms with Gasteiger partial charge in [0.1, 0.15) is 0 Å². The maximum atomic E-state index is 6.02. The van der Waals surface area contributed by atoms with E-state index < -0.39 is 0 Å². The van der Waals surface area contributed by atoms with Gasteiger partial charge in [0.25, 0.3) is 0 Å². The van der Waals surface area contributed by atoms with Crippen molar-refractivity contribution in [3.05, 3.63) is 47.5 Å². The Labute approximate surface area is 121 Å². The molecule has 0 aromatic heterocycles. The minimum Gasteiger partial charge on any atom is -0.307 e. The molecule has 1 aromatic rings. The zero-order chi connectivity index (χ0) is 13.8. The third-order valence-electron chi connectivity index (χ3n) is 3.81. The Balaban J connectivity index is 2.10. The zero-order valence-corrected chi connectivity index (χ0v) is 12.5. The highest BCUT2D eigenvalue weighted by atomic mass is 35.5. The molecular formula is C16H23ClN2. The Morgan fingerprint density at radius 2 is 2.11 bits per heavy atom. The monoisotopic (exact) mass is 278 g/mol. The highest BCUT2D eigenvalue weighted by molar-refractivity contribution is 6.29. The summed E-state index contributed by atoms with van der Waals surface area (Å²) in [5.74, 6) is 0.611. The molecular weight excluding hydrogens is 256 g/mol. The highest BCUT2D eigenvalue weighted by Gasteiger charge is 2.30. The van der Waals surface area contributed by atoms with Crippen LogP contribution >= 0.6 is 11.6 Å². The molecule has 1 fully saturated rings. The van der Waals surface area contributed by atoms with Crippen molar-refractivity contribution in [1.29, 1.82) is 0 Å². The summed E-state index contributed by atoms with van der Waals surface area (Å²) in [5.41, 5.74) is 1.34. The molecule has 0 spiro atoms. The van der Waals surface area contributed by atoms with Crippen LogP contribution in [0.15, 0.2) is 41.9 Å². The number of hydrogen-bond donors (Lipinski definition) is 1. The number of piperazine rings is 1. The summed E-state index contributed by atoms with van der Waals surface area (Å²) in [6, 6.07) is 11.5. The molecule has 1 aliphatic rings. The molecule has 19 heavy (non-hydrogen) atoms. The zero-order valence-electron chi connectivity index (χ0n) is 11.8. The normalized spacial score (nSPS) is 24.6. The van der Waals surface area contributed by atoms with Gasteiger partial charge in [-0.15, -0.1) is 0 Å². The van der Waals surface area contributed by atoms with Crippen molar-refractivity contribution >= 4 is 11.6 Å². The number of nitrogens with zero attached hydrogens (tertiary/aromatic N) is 1. The number of rotatable bonds is 4. The Morgan fingerprint density at radius 1 is 1.42 bits per heavy atom. The number of benzene rings is 1. The minimum atomic E-state index is 0.382. The van der Waals surface area contributed by atoms with Gasteiger partial charge in [-0.25, -0.2) is 0 Å². The van der Waals surface area contributed by atoms with Gasteiger partial charge in [0.2, 0.25) is 0 Å². The van der Waals surface area contributed by atoms with E-state index in [0.717, 1.165) is 24.7 Å². The first-order valence-electron chi connectivity index (χ1n) is 6.93. The van der Waals surface area contributed by atoms with Crippen LogP contribution < -0.4 is 5.32 Å². The Hall–Kier alpha value is -0.830. The molecule has 0 bridgehead atoms. The molecule has 2 rings (SSSR count). The topological polar surface area (TPSA) is 15.3 Å². The fourth-order valence-electron chi connectivity index (χ4n) is 2.79. The third-order valence-corrected chi connectivity index (χ3v) is 3.93. The van der Waals surface area contributed by atoms with Crippen LogP contribution in [0.1, 0.15) is 25.5 Å². The smallest absolute Gasteiger partial charge is 0.0450 e. The summed E-state index contributed by atoms with van der Waals surface area (Å²) in [4.78, 5) is 2.45. The molecule has 3 heteroatoms. The lowest BCUT2D eigenvalue weighted by Gasteiger charge is -2.42. The summed E-state index contributed by atoms with van der Waals surface area (Å²) < 4.78 is 0. The molecule has 2 atom stereocenters. The second-order valence-electron chi connectivity index (χ2n) is 5.63. The number of hydrogen-bond acceptors (Lipinski definition) is 2. The van der Waals surface area contributed by atoms with Crippen LogP contribution in [0, 0.1) is 5.92 Å². The van der Waals surface area contributed by atoms with E-state index in [2.05, 4.69) is 61.0 Å². The van der Waals surface area contributed by atoms with E-state index in [-0.39, 0.29) is 0 Å². The average Bonchev–Trinajstić information content (AvgIpc) is 2.38. The molecule has 2 nitrogen and oxygen atoms in total. The van der Waals surface area contributed by atoms with Gasteiger partial charge in [0.15, 0.2) is 0 Å². The first kappa shape index (κ1) is 14.6. The first-order valence-corrected chi connectivity index (χ1v) is 7.31. The van der Waals surface area contributed by atoms with E-state index in [1.807, 2.05) is 0 Å². The largest absolute Gasteiger partial charge is 0.307 e. The molecule has 0 aliphatic carbocycles. The molecule has 0 saturated carbocycles. The van der Waals surface area contributed by atoms with Gasteiger partial charge in [0.05, 0.1) is 0 Å². The van der Waals surface area contributed by atoms with E-state index in [4.69, 9.17) is 11.6 Å². The summed E-state index contributed by atoms with van der Waals surface area (Å²) >= 11 is 6.02. The van der Waals surface area contributed by atoms with Crippen LogP contribution in [-0.2, 0) is 0 Å². The van der Waals surface area contributed by atoms with E-state index >= 15 is 0 Å². The summed E-state index contributed by atoms with van der Waals surface area (Å²) in [6.07, 6.45) is 0. The molecule has 2 unspecified atom stereocenters. The molecule has 0 amide bonds. The van der Waals surface area contributed by atoms with Crippen molar-refractivity contribution in [2.45, 2.75) is 25.9 Å². The van der Waals surface area contributed by atoms with Crippen LogP contribution in [0.25, 0.3) is 0 Å². The number of halogens is 1. The van der Waals surface area contributed by atoms with Gasteiger partial charge in [-0.05, 0) is 11.5 Å². The lowest BCUT2D eigenvalue weighted by Crippen LogP contribution is -2.55. The van der Waals surface area contributed by atoms with Crippen LogP contribution in [0.2, 0.25) is 0 Å². The van der Waals surface area contributed by atoms with Crippen molar-refractivity contribution < 1.29 is 0 Å². The SMILES string of the molecule is C=C(Cl)CN1CC(c2ccccc2)NCC1C(C)C. The van der Waals surface area contributed by atoms with Gasteiger partial charge >= 0.3 is 0 Å². The second kappa shape index (κ2) is 6.56. The van der Waals surface area contributed by atoms with Crippen LogP contribution in [0.3, 0.4) is 0 Å². The maximum absolute atomic E-state index is 6.02. The molecule has 1 saturated heterocycles. The lowest BCUT2D eigenvalue weighted by molar-refractivity contribution is 0.110. The second-order valence-corrected chi connectivity index (χ2v) is 6.16. The fourth-order valence-corrected chi connectivity index (χ4v) is 2.95. The Morgan fingerprint density at radius 3 is 2.68 bits per heavy atom. The first-order chi connectivity index (χ1) is 9.08.